The summed E-state index contributed by atoms with van der Waals surface area (Å²) in [5.41, 5.74) is 1.65. The average Bonchev–Trinajstić information content (AvgIpc) is 3.60. The van der Waals surface area contributed by atoms with Crippen LogP contribution in [0.25, 0.3) is 0 Å². The molecule has 1 N–H and O–H groups in total. The molecular formula is C26H32N6O3. The number of hydrogen-bond donors (Lipinski definition) is 1. The Morgan fingerprint density at radius 1 is 1.11 bits per heavy atom. The van der Waals surface area contributed by atoms with Gasteiger partial charge in [-0.25, -0.2) is 0 Å². The summed E-state index contributed by atoms with van der Waals surface area (Å²) in [5.74, 6) is 0.718. The summed E-state index contributed by atoms with van der Waals surface area (Å²) < 4.78 is 7.27. The van der Waals surface area contributed by atoms with Crippen molar-refractivity contribution in [1.82, 2.24) is 30.1 Å². The number of carbonyl (C=O) groups is 2. The molecule has 9 nitrogen and oxygen atoms in total. The van der Waals surface area contributed by atoms with Gasteiger partial charge in [-0.1, -0.05) is 48.3 Å². The van der Waals surface area contributed by atoms with Crippen LogP contribution in [0, 0.1) is 5.92 Å². The first-order chi connectivity index (χ1) is 17.1. The minimum atomic E-state index is -0.320. The molecular weight excluding hydrogens is 444 g/mol. The Labute approximate surface area is 204 Å². The van der Waals surface area contributed by atoms with Gasteiger partial charge in [0.05, 0.1) is 5.92 Å². The molecule has 3 aromatic rings. The number of rotatable bonds is 4. The lowest BCUT2D eigenvalue weighted by Crippen LogP contribution is -2.47. The monoisotopic (exact) mass is 476 g/mol. The van der Waals surface area contributed by atoms with Gasteiger partial charge in [0.2, 0.25) is 11.8 Å². The number of benzene rings is 1. The molecule has 2 aromatic heterocycles. The van der Waals surface area contributed by atoms with Crippen molar-refractivity contribution in [2.24, 2.45) is 13.0 Å². The van der Waals surface area contributed by atoms with Gasteiger partial charge in [0.15, 0.2) is 5.82 Å². The molecule has 3 heterocycles. The Hall–Kier alpha value is -3.49. The maximum Gasteiger partial charge on any atom is 0.272 e. The van der Waals surface area contributed by atoms with Crippen LogP contribution >= 0.6 is 0 Å². The summed E-state index contributed by atoms with van der Waals surface area (Å²) in [4.78, 5) is 33.4. The summed E-state index contributed by atoms with van der Waals surface area (Å²) >= 11 is 0. The van der Waals surface area contributed by atoms with E-state index in [1.54, 1.807) is 24.0 Å². The number of hydrogen-bond acceptors (Lipinski definition) is 6. The highest BCUT2D eigenvalue weighted by molar-refractivity contribution is 5.93. The molecule has 5 rings (SSSR count). The van der Waals surface area contributed by atoms with E-state index in [9.17, 15) is 9.59 Å². The van der Waals surface area contributed by atoms with Gasteiger partial charge >= 0.3 is 0 Å². The molecule has 0 unspecified atom stereocenters. The molecule has 1 aliphatic carbocycles. The van der Waals surface area contributed by atoms with Crippen molar-refractivity contribution in [3.05, 3.63) is 65.6 Å². The normalized spacial score (nSPS) is 23.4. The Balaban J connectivity index is 1.40. The highest BCUT2D eigenvalue weighted by Crippen LogP contribution is 2.41. The van der Waals surface area contributed by atoms with Crippen molar-refractivity contribution in [1.29, 1.82) is 0 Å². The lowest BCUT2D eigenvalue weighted by atomic mass is 10.00. The minimum Gasteiger partial charge on any atom is -0.356 e. The summed E-state index contributed by atoms with van der Waals surface area (Å²) in [7, 11) is 1.77. The SMILES string of the molecule is Cn1nccc1C(=O)N1CCCCCCNC(=O)[C@@H]2C[C@@H](c3nc(Cc4ccccc4)no3)C[C@@H]21. The van der Waals surface area contributed by atoms with Crippen molar-refractivity contribution in [3.8, 4) is 0 Å². The van der Waals surface area contributed by atoms with E-state index in [-0.39, 0.29) is 29.7 Å². The van der Waals surface area contributed by atoms with Crippen LogP contribution in [0.3, 0.4) is 0 Å². The predicted octanol–water partition coefficient (Wildman–Crippen LogP) is 3.09. The molecule has 1 aromatic carbocycles. The molecule has 1 saturated heterocycles. The summed E-state index contributed by atoms with van der Waals surface area (Å²) in [6.07, 6.45) is 7.36. The van der Waals surface area contributed by atoms with Gasteiger partial charge in [-0.3, -0.25) is 14.3 Å². The number of aryl methyl sites for hydroxylation is 1. The second-order valence-corrected chi connectivity index (χ2v) is 9.60. The standard InChI is InChI=1S/C26H32N6O3/c1-31-21(11-13-28-31)26(34)32-14-8-3-2-7-12-27-24(33)20-16-19(17-22(20)32)25-29-23(30-35-25)15-18-9-5-4-6-10-18/h4-6,9-11,13,19-20,22H,2-3,7-8,12,14-17H2,1H3,(H,27,33)/t19-,20-,22+/m1/s1. The van der Waals surface area contributed by atoms with E-state index >= 15 is 0 Å². The van der Waals surface area contributed by atoms with E-state index in [2.05, 4.69) is 20.6 Å². The van der Waals surface area contributed by atoms with Crippen LogP contribution in [0.2, 0.25) is 0 Å². The number of nitrogens with one attached hydrogen (secondary N) is 1. The van der Waals surface area contributed by atoms with Gasteiger partial charge in [-0.2, -0.15) is 10.1 Å². The number of amides is 2. The highest BCUT2D eigenvalue weighted by Gasteiger charge is 2.46. The van der Waals surface area contributed by atoms with Crippen LogP contribution in [0.1, 0.15) is 72.2 Å². The lowest BCUT2D eigenvalue weighted by molar-refractivity contribution is -0.126. The van der Waals surface area contributed by atoms with Crippen LogP contribution in [-0.2, 0) is 18.3 Å². The largest absolute Gasteiger partial charge is 0.356 e. The third-order valence-electron chi connectivity index (χ3n) is 7.23. The Morgan fingerprint density at radius 2 is 1.94 bits per heavy atom. The lowest BCUT2D eigenvalue weighted by Gasteiger charge is -2.32. The molecule has 0 radical (unpaired) electrons. The van der Waals surface area contributed by atoms with E-state index < -0.39 is 0 Å². The maximum absolute atomic E-state index is 13.6. The summed E-state index contributed by atoms with van der Waals surface area (Å²) in [5, 5.41) is 11.5. The molecule has 1 saturated carbocycles. The molecule has 2 fully saturated rings. The average molecular weight is 477 g/mol. The van der Waals surface area contributed by atoms with Crippen molar-refractivity contribution < 1.29 is 14.1 Å². The zero-order valence-electron chi connectivity index (χ0n) is 20.1. The van der Waals surface area contributed by atoms with Crippen LogP contribution < -0.4 is 5.32 Å². The van der Waals surface area contributed by atoms with Crippen molar-refractivity contribution in [2.75, 3.05) is 13.1 Å². The zero-order valence-corrected chi connectivity index (χ0v) is 20.1. The first-order valence-corrected chi connectivity index (χ1v) is 12.5. The van der Waals surface area contributed by atoms with Gasteiger partial charge in [-0.05, 0) is 37.3 Å². The van der Waals surface area contributed by atoms with E-state index in [4.69, 9.17) is 4.52 Å². The van der Waals surface area contributed by atoms with Crippen LogP contribution in [0.15, 0.2) is 47.1 Å². The number of carbonyl (C=O) groups excluding carboxylic acids is 2. The van der Waals surface area contributed by atoms with Crippen molar-refractivity contribution in [3.63, 3.8) is 0 Å². The van der Waals surface area contributed by atoms with Gasteiger partial charge in [0, 0.05) is 44.7 Å². The smallest absolute Gasteiger partial charge is 0.272 e. The molecule has 2 amide bonds. The van der Waals surface area contributed by atoms with Crippen LogP contribution in [0.4, 0.5) is 0 Å². The molecule has 9 heteroatoms. The third kappa shape index (κ3) is 5.13. The van der Waals surface area contributed by atoms with E-state index in [0.29, 0.717) is 49.8 Å². The number of aromatic nitrogens is 4. The number of nitrogens with zero attached hydrogens (tertiary/aromatic N) is 5. The van der Waals surface area contributed by atoms with Crippen LogP contribution in [0.5, 0.6) is 0 Å². The fraction of sp³-hybridized carbons (Fsp3) is 0.500. The minimum absolute atomic E-state index is 0.00577. The first kappa shape index (κ1) is 23.3. The Kier molecular flexibility index (Phi) is 6.92. The van der Waals surface area contributed by atoms with Crippen LogP contribution in [-0.4, -0.2) is 55.8 Å². The van der Waals surface area contributed by atoms with Gasteiger partial charge < -0.3 is 14.7 Å². The van der Waals surface area contributed by atoms with Gasteiger partial charge in [0.1, 0.15) is 5.69 Å². The fourth-order valence-corrected chi connectivity index (χ4v) is 5.38. The van der Waals surface area contributed by atoms with Gasteiger partial charge in [-0.15, -0.1) is 0 Å². The predicted molar refractivity (Wildman–Crippen MR) is 129 cm³/mol. The molecule has 0 bridgehead atoms. The topological polar surface area (TPSA) is 106 Å². The molecule has 1 aliphatic heterocycles. The Morgan fingerprint density at radius 3 is 2.74 bits per heavy atom. The molecule has 0 spiro atoms. The quantitative estimate of drug-likeness (QED) is 0.620. The molecule has 3 atom stereocenters. The highest BCUT2D eigenvalue weighted by atomic mass is 16.5. The summed E-state index contributed by atoms with van der Waals surface area (Å²) in [6, 6.07) is 11.5. The molecule has 2 aliphatic rings. The maximum atomic E-state index is 13.6. The van der Waals surface area contributed by atoms with E-state index in [0.717, 1.165) is 31.2 Å². The Bertz CT molecular complexity index is 1160. The van der Waals surface area contributed by atoms with Crippen molar-refractivity contribution in [2.45, 2.75) is 56.9 Å². The third-order valence-corrected chi connectivity index (χ3v) is 7.23. The first-order valence-electron chi connectivity index (χ1n) is 12.5. The van der Waals surface area contributed by atoms with Crippen molar-refractivity contribution >= 4 is 11.8 Å². The second kappa shape index (κ2) is 10.4. The summed E-state index contributed by atoms with van der Waals surface area (Å²) in [6.45, 7) is 1.29. The second-order valence-electron chi connectivity index (χ2n) is 9.60. The molecule has 35 heavy (non-hydrogen) atoms. The fourth-order valence-electron chi connectivity index (χ4n) is 5.38. The molecule has 184 valence electrons. The van der Waals surface area contributed by atoms with Gasteiger partial charge in [0.25, 0.3) is 5.91 Å². The number of fused-ring (bicyclic) bond motifs is 1. The van der Waals surface area contributed by atoms with E-state index in [1.165, 1.54) is 0 Å². The zero-order chi connectivity index (χ0) is 24.2. The van der Waals surface area contributed by atoms with E-state index in [1.807, 2.05) is 35.2 Å².